The number of carbonyl (C=O) groups excluding carboxylic acids is 2. The van der Waals surface area contributed by atoms with Crippen molar-refractivity contribution < 1.29 is 19.5 Å². The molecule has 1 aromatic rings. The number of amides is 3. The van der Waals surface area contributed by atoms with E-state index in [1.165, 1.54) is 0 Å². The summed E-state index contributed by atoms with van der Waals surface area (Å²) in [7, 11) is 0. The molecule has 0 bridgehead atoms. The molecular weight excluding hydrogens is 248 g/mol. The molecule has 0 radical (unpaired) electrons. The number of hydrogen-bond donors (Lipinski definition) is 2. The fraction of sp³-hybridized carbons (Fsp3) is 0.308. The Hall–Kier alpha value is -2.37. The van der Waals surface area contributed by atoms with Gasteiger partial charge < -0.3 is 10.4 Å². The maximum Gasteiger partial charge on any atom is 0.324 e. The van der Waals surface area contributed by atoms with E-state index < -0.39 is 23.9 Å². The number of imide groups is 1. The summed E-state index contributed by atoms with van der Waals surface area (Å²) in [6.07, 6.45) is 0.173. The molecule has 0 aliphatic carbocycles. The van der Waals surface area contributed by atoms with Gasteiger partial charge in [-0.2, -0.15) is 0 Å². The van der Waals surface area contributed by atoms with E-state index in [0.29, 0.717) is 6.42 Å². The Labute approximate surface area is 110 Å². The van der Waals surface area contributed by atoms with Gasteiger partial charge in [0.05, 0.1) is 6.42 Å². The van der Waals surface area contributed by atoms with E-state index in [9.17, 15) is 14.4 Å². The molecule has 0 aromatic heterocycles. The van der Waals surface area contributed by atoms with Gasteiger partial charge in [0.2, 0.25) is 0 Å². The smallest absolute Gasteiger partial charge is 0.324 e. The summed E-state index contributed by atoms with van der Waals surface area (Å²) in [5, 5.41) is 11.0. The lowest BCUT2D eigenvalue weighted by Gasteiger charge is -2.12. The summed E-state index contributed by atoms with van der Waals surface area (Å²) >= 11 is 0. The Bertz CT molecular complexity index is 501. The van der Waals surface area contributed by atoms with E-state index in [4.69, 9.17) is 5.11 Å². The van der Waals surface area contributed by atoms with E-state index in [-0.39, 0.29) is 13.0 Å². The second-order valence-electron chi connectivity index (χ2n) is 4.33. The van der Waals surface area contributed by atoms with Crippen molar-refractivity contribution in [2.24, 2.45) is 0 Å². The summed E-state index contributed by atoms with van der Waals surface area (Å²) in [5.74, 6) is -1.58. The van der Waals surface area contributed by atoms with Crippen molar-refractivity contribution in [3.05, 3.63) is 35.9 Å². The van der Waals surface area contributed by atoms with Gasteiger partial charge in [-0.25, -0.2) is 4.79 Å². The van der Waals surface area contributed by atoms with Crippen molar-refractivity contribution in [3.8, 4) is 0 Å². The highest BCUT2D eigenvalue weighted by Crippen LogP contribution is 2.11. The molecular formula is C13H14N2O4. The Kier molecular flexibility index (Phi) is 3.79. The van der Waals surface area contributed by atoms with Crippen LogP contribution in [-0.4, -0.2) is 40.5 Å². The van der Waals surface area contributed by atoms with Crippen LogP contribution in [-0.2, 0) is 16.0 Å². The second-order valence-corrected chi connectivity index (χ2v) is 4.33. The number of carboxylic acid groups (broad SMARTS) is 1. The van der Waals surface area contributed by atoms with Crippen LogP contribution in [0, 0.1) is 0 Å². The molecule has 1 aromatic carbocycles. The third-order valence-corrected chi connectivity index (χ3v) is 2.95. The minimum Gasteiger partial charge on any atom is -0.481 e. The van der Waals surface area contributed by atoms with Crippen LogP contribution in [0.4, 0.5) is 4.79 Å². The molecule has 0 saturated carbocycles. The molecule has 1 saturated heterocycles. The first-order valence-electron chi connectivity index (χ1n) is 5.95. The molecule has 1 unspecified atom stereocenters. The second kappa shape index (κ2) is 5.51. The van der Waals surface area contributed by atoms with Crippen molar-refractivity contribution in [1.82, 2.24) is 10.2 Å². The van der Waals surface area contributed by atoms with Crippen molar-refractivity contribution in [2.45, 2.75) is 18.9 Å². The van der Waals surface area contributed by atoms with Gasteiger partial charge in [0.1, 0.15) is 6.04 Å². The molecule has 3 amide bonds. The number of nitrogens with one attached hydrogen (secondary N) is 1. The Balaban J connectivity index is 1.95. The minimum absolute atomic E-state index is 0.255. The maximum absolute atomic E-state index is 11.9. The summed E-state index contributed by atoms with van der Waals surface area (Å²) in [4.78, 5) is 35.1. The first kappa shape index (κ1) is 13.1. The zero-order chi connectivity index (χ0) is 13.8. The fourth-order valence-electron chi connectivity index (χ4n) is 1.99. The zero-order valence-corrected chi connectivity index (χ0v) is 10.2. The van der Waals surface area contributed by atoms with Gasteiger partial charge in [0, 0.05) is 6.54 Å². The number of hydrogen-bond acceptors (Lipinski definition) is 3. The average molecular weight is 262 g/mol. The van der Waals surface area contributed by atoms with Gasteiger partial charge in [-0.05, 0) is 12.0 Å². The van der Waals surface area contributed by atoms with Crippen LogP contribution < -0.4 is 5.32 Å². The average Bonchev–Trinajstić information content (AvgIpc) is 2.63. The van der Waals surface area contributed by atoms with Crippen LogP contribution in [0.3, 0.4) is 0 Å². The molecule has 1 atom stereocenters. The largest absolute Gasteiger partial charge is 0.481 e. The van der Waals surface area contributed by atoms with Crippen molar-refractivity contribution in [1.29, 1.82) is 0 Å². The molecule has 6 nitrogen and oxygen atoms in total. The lowest BCUT2D eigenvalue weighted by Crippen LogP contribution is -2.34. The van der Waals surface area contributed by atoms with E-state index in [1.54, 1.807) is 0 Å². The molecule has 19 heavy (non-hydrogen) atoms. The first-order valence-corrected chi connectivity index (χ1v) is 5.95. The lowest BCUT2D eigenvalue weighted by atomic mass is 10.1. The van der Waals surface area contributed by atoms with Gasteiger partial charge >= 0.3 is 12.0 Å². The van der Waals surface area contributed by atoms with Crippen LogP contribution in [0.25, 0.3) is 0 Å². The van der Waals surface area contributed by atoms with Gasteiger partial charge in [-0.15, -0.1) is 0 Å². The lowest BCUT2D eigenvalue weighted by molar-refractivity contribution is -0.140. The summed E-state index contributed by atoms with van der Waals surface area (Å²) in [6.45, 7) is 0.255. The monoisotopic (exact) mass is 262 g/mol. The van der Waals surface area contributed by atoms with Gasteiger partial charge in [0.15, 0.2) is 0 Å². The van der Waals surface area contributed by atoms with Gasteiger partial charge in [-0.1, -0.05) is 30.3 Å². The predicted molar refractivity (Wildman–Crippen MR) is 66.4 cm³/mol. The maximum atomic E-state index is 11.9. The van der Waals surface area contributed by atoms with E-state index >= 15 is 0 Å². The molecule has 1 aliphatic heterocycles. The Morgan fingerprint density at radius 2 is 1.95 bits per heavy atom. The number of urea groups is 1. The van der Waals surface area contributed by atoms with Crippen LogP contribution in [0.15, 0.2) is 30.3 Å². The minimum atomic E-state index is -1.11. The number of carboxylic acids is 1. The van der Waals surface area contributed by atoms with Crippen molar-refractivity contribution >= 4 is 17.9 Å². The van der Waals surface area contributed by atoms with Crippen LogP contribution in [0.1, 0.15) is 12.0 Å². The summed E-state index contributed by atoms with van der Waals surface area (Å²) in [5.41, 5.74) is 1.02. The highest BCUT2D eigenvalue weighted by molar-refractivity contribution is 6.05. The molecule has 2 rings (SSSR count). The molecule has 1 heterocycles. The standard InChI is InChI=1S/C13H14N2O4/c16-11(17)8-10-12(18)15(13(19)14-10)7-6-9-4-2-1-3-5-9/h1-5,10H,6-8H2,(H,14,19)(H,16,17). The topological polar surface area (TPSA) is 86.7 Å². The predicted octanol–water partition coefficient (Wildman–Crippen LogP) is 0.624. The third kappa shape index (κ3) is 3.09. The number of aliphatic carboxylic acids is 1. The SMILES string of the molecule is O=C(O)CC1NC(=O)N(CCc2ccccc2)C1=O. The Morgan fingerprint density at radius 1 is 1.26 bits per heavy atom. The zero-order valence-electron chi connectivity index (χ0n) is 10.2. The van der Waals surface area contributed by atoms with E-state index in [2.05, 4.69) is 5.32 Å². The van der Waals surface area contributed by atoms with Crippen molar-refractivity contribution in [2.75, 3.05) is 6.54 Å². The van der Waals surface area contributed by atoms with Crippen LogP contribution >= 0.6 is 0 Å². The number of nitrogens with zero attached hydrogens (tertiary/aromatic N) is 1. The summed E-state index contributed by atoms with van der Waals surface area (Å²) < 4.78 is 0. The fourth-order valence-corrected chi connectivity index (χ4v) is 1.99. The number of benzene rings is 1. The van der Waals surface area contributed by atoms with Crippen molar-refractivity contribution in [3.63, 3.8) is 0 Å². The normalized spacial score (nSPS) is 18.5. The number of carbonyl (C=O) groups is 3. The van der Waals surface area contributed by atoms with E-state index in [0.717, 1.165) is 10.5 Å². The summed E-state index contributed by atoms with van der Waals surface area (Å²) in [6, 6.07) is 8.01. The molecule has 100 valence electrons. The molecule has 6 heteroatoms. The molecule has 2 N–H and O–H groups in total. The molecule has 1 fully saturated rings. The number of rotatable bonds is 5. The van der Waals surface area contributed by atoms with Gasteiger partial charge in [0.25, 0.3) is 5.91 Å². The van der Waals surface area contributed by atoms with Crippen LogP contribution in [0.2, 0.25) is 0 Å². The van der Waals surface area contributed by atoms with Gasteiger partial charge in [-0.3, -0.25) is 14.5 Å². The quantitative estimate of drug-likeness (QED) is 0.762. The molecule has 0 spiro atoms. The first-order chi connectivity index (χ1) is 9.08. The Morgan fingerprint density at radius 3 is 2.58 bits per heavy atom. The van der Waals surface area contributed by atoms with E-state index in [1.807, 2.05) is 30.3 Å². The third-order valence-electron chi connectivity index (χ3n) is 2.95. The molecule has 1 aliphatic rings. The highest BCUT2D eigenvalue weighted by Gasteiger charge is 2.38. The van der Waals surface area contributed by atoms with Crippen LogP contribution in [0.5, 0.6) is 0 Å². The highest BCUT2D eigenvalue weighted by atomic mass is 16.4.